The summed E-state index contributed by atoms with van der Waals surface area (Å²) < 4.78 is 13.4. The zero-order valence-corrected chi connectivity index (χ0v) is 30.1. The minimum absolute atomic E-state index is 0.0893. The molecule has 3 aromatic heterocycles. The van der Waals surface area contributed by atoms with E-state index < -0.39 is 0 Å². The highest BCUT2D eigenvalue weighted by atomic mass is 16.3. The first kappa shape index (κ1) is 31.0. The topological polar surface area (TPSA) is 65.0 Å². The molecule has 5 nitrogen and oxygen atoms in total. The van der Waals surface area contributed by atoms with Crippen molar-refractivity contribution in [2.75, 3.05) is 0 Å². The first-order chi connectivity index (χ1) is 27.7. The summed E-state index contributed by atoms with van der Waals surface area (Å²) in [5, 5.41) is 7.90. The molecule has 2 aliphatic carbocycles. The van der Waals surface area contributed by atoms with Crippen LogP contribution in [0.15, 0.2) is 179 Å². The van der Waals surface area contributed by atoms with Gasteiger partial charge >= 0.3 is 0 Å². The van der Waals surface area contributed by atoms with Gasteiger partial charge in [-0.2, -0.15) is 0 Å². The molecule has 0 amide bonds. The zero-order chi connectivity index (χ0) is 36.7. The Morgan fingerprint density at radius 1 is 0.446 bits per heavy atom. The van der Waals surface area contributed by atoms with Gasteiger partial charge in [-0.3, -0.25) is 0 Å². The molecule has 0 saturated carbocycles. The molecule has 12 rings (SSSR count). The third-order valence-electron chi connectivity index (χ3n) is 11.5. The molecule has 7 aromatic carbocycles. The smallest absolute Gasteiger partial charge is 0.164 e. The van der Waals surface area contributed by atoms with Gasteiger partial charge in [0.1, 0.15) is 22.5 Å². The Morgan fingerprint density at radius 2 is 1.12 bits per heavy atom. The lowest BCUT2D eigenvalue weighted by atomic mass is 9.73. The lowest BCUT2D eigenvalue weighted by Gasteiger charge is -2.29. The van der Waals surface area contributed by atoms with Crippen molar-refractivity contribution < 1.29 is 8.83 Å². The van der Waals surface area contributed by atoms with E-state index in [0.29, 0.717) is 17.5 Å². The fourth-order valence-electron chi connectivity index (χ4n) is 8.90. The normalized spacial score (nSPS) is 16.2. The van der Waals surface area contributed by atoms with Crippen LogP contribution in [-0.2, 0) is 0 Å². The Labute approximate surface area is 321 Å². The minimum atomic E-state index is 0.0893. The Kier molecular flexibility index (Phi) is 6.69. The second-order valence-corrected chi connectivity index (χ2v) is 14.7. The van der Waals surface area contributed by atoms with Gasteiger partial charge in [-0.05, 0) is 51.4 Å². The molecule has 0 radical (unpaired) electrons. The molecule has 2 aliphatic rings. The van der Waals surface area contributed by atoms with Crippen molar-refractivity contribution in [2.45, 2.75) is 5.92 Å². The number of aromatic nitrogens is 3. The molecular weight excluding hydrogens is 687 g/mol. The third-order valence-corrected chi connectivity index (χ3v) is 11.5. The summed E-state index contributed by atoms with van der Waals surface area (Å²) in [5.74, 6) is 3.04. The monoisotopic (exact) mass is 717 g/mol. The van der Waals surface area contributed by atoms with Crippen molar-refractivity contribution in [3.63, 3.8) is 0 Å². The molecule has 2 unspecified atom stereocenters. The van der Waals surface area contributed by atoms with Crippen LogP contribution in [0.1, 0.15) is 22.8 Å². The van der Waals surface area contributed by atoms with Crippen LogP contribution in [0.25, 0.3) is 100 Å². The summed E-state index contributed by atoms with van der Waals surface area (Å²) in [6.45, 7) is 0. The molecule has 0 fully saturated rings. The van der Waals surface area contributed by atoms with Crippen LogP contribution in [0.5, 0.6) is 0 Å². The van der Waals surface area contributed by atoms with E-state index in [1.165, 1.54) is 21.7 Å². The Morgan fingerprint density at radius 3 is 2.04 bits per heavy atom. The maximum Gasteiger partial charge on any atom is 0.164 e. The van der Waals surface area contributed by atoms with E-state index in [-0.39, 0.29) is 11.8 Å². The molecule has 0 aliphatic heterocycles. The number of hydrogen-bond acceptors (Lipinski definition) is 5. The summed E-state index contributed by atoms with van der Waals surface area (Å²) >= 11 is 0. The van der Waals surface area contributed by atoms with Crippen molar-refractivity contribution in [3.8, 4) is 34.2 Å². The van der Waals surface area contributed by atoms with Gasteiger partial charge in [0.05, 0.1) is 0 Å². The molecule has 262 valence electrons. The zero-order valence-electron chi connectivity index (χ0n) is 30.1. The van der Waals surface area contributed by atoms with E-state index in [1.807, 2.05) is 48.5 Å². The average molecular weight is 718 g/mol. The van der Waals surface area contributed by atoms with E-state index in [0.717, 1.165) is 71.9 Å². The molecule has 10 aromatic rings. The highest BCUT2D eigenvalue weighted by Gasteiger charge is 2.35. The van der Waals surface area contributed by atoms with Crippen LogP contribution in [0.4, 0.5) is 0 Å². The van der Waals surface area contributed by atoms with Crippen LogP contribution in [0.3, 0.4) is 0 Å². The molecule has 0 spiro atoms. The number of rotatable bonds is 4. The lowest BCUT2D eigenvalue weighted by Crippen LogP contribution is -2.16. The van der Waals surface area contributed by atoms with E-state index in [9.17, 15) is 0 Å². The standard InChI is InChI=1S/C51H31N3O2/c1-2-13-31(14-3-1)49-52-50(33-26-27-35-32(28-33)25-24-30-12-4-5-15-34(30)35)54-51(53-49)41-21-11-23-45-46(41)40-20-10-19-39(47(40)56-45)42-29-43-37-17-8-9-22-44(37)55-48(43)38-18-7-6-16-36(38)42/h1-29,36,38H. The number of fused-ring (bicyclic) bond motifs is 11. The Bertz CT molecular complexity index is 3330. The second kappa shape index (κ2) is 12.1. The van der Waals surface area contributed by atoms with Crippen LogP contribution < -0.4 is 0 Å². The summed E-state index contributed by atoms with van der Waals surface area (Å²) in [6.07, 6.45) is 11.1. The summed E-state index contributed by atoms with van der Waals surface area (Å²) in [6, 6.07) is 50.4. The van der Waals surface area contributed by atoms with Crippen molar-refractivity contribution >= 4 is 66.1 Å². The lowest BCUT2D eigenvalue weighted by molar-refractivity contribution is 0.496. The highest BCUT2D eigenvalue weighted by molar-refractivity contribution is 6.15. The largest absolute Gasteiger partial charge is 0.460 e. The number of para-hydroxylation sites is 2. The predicted molar refractivity (Wildman–Crippen MR) is 227 cm³/mol. The first-order valence-corrected chi connectivity index (χ1v) is 19.0. The van der Waals surface area contributed by atoms with Gasteiger partial charge in [0.15, 0.2) is 17.5 Å². The van der Waals surface area contributed by atoms with Gasteiger partial charge in [-0.15, -0.1) is 0 Å². The molecule has 3 heterocycles. The summed E-state index contributed by atoms with van der Waals surface area (Å²) in [7, 11) is 0. The predicted octanol–water partition coefficient (Wildman–Crippen LogP) is 13.2. The Balaban J connectivity index is 1.06. The van der Waals surface area contributed by atoms with Gasteiger partial charge in [-0.25, -0.2) is 15.0 Å². The molecule has 0 N–H and O–H groups in total. The summed E-state index contributed by atoms with van der Waals surface area (Å²) in [4.78, 5) is 15.4. The van der Waals surface area contributed by atoms with Crippen LogP contribution >= 0.6 is 0 Å². The van der Waals surface area contributed by atoms with Gasteiger partial charge < -0.3 is 8.83 Å². The summed E-state index contributed by atoms with van der Waals surface area (Å²) in [5.41, 5.74) is 8.70. The number of nitrogens with zero attached hydrogens (tertiary/aromatic N) is 3. The fourth-order valence-corrected chi connectivity index (χ4v) is 8.90. The van der Waals surface area contributed by atoms with E-state index in [1.54, 1.807) is 0 Å². The van der Waals surface area contributed by atoms with Crippen LogP contribution in [0.2, 0.25) is 0 Å². The van der Waals surface area contributed by atoms with Crippen molar-refractivity contribution in [1.29, 1.82) is 0 Å². The maximum absolute atomic E-state index is 6.87. The molecular formula is C51H31N3O2. The van der Waals surface area contributed by atoms with Gasteiger partial charge in [-0.1, -0.05) is 152 Å². The third kappa shape index (κ3) is 4.71. The van der Waals surface area contributed by atoms with Gasteiger partial charge in [0.2, 0.25) is 0 Å². The molecule has 5 heteroatoms. The van der Waals surface area contributed by atoms with E-state index in [4.69, 9.17) is 23.8 Å². The average Bonchev–Trinajstić information content (AvgIpc) is 3.85. The van der Waals surface area contributed by atoms with Crippen molar-refractivity contribution in [1.82, 2.24) is 15.0 Å². The van der Waals surface area contributed by atoms with Gasteiger partial charge in [0, 0.05) is 55.8 Å². The van der Waals surface area contributed by atoms with Crippen molar-refractivity contribution in [2.24, 2.45) is 5.92 Å². The maximum atomic E-state index is 6.87. The highest BCUT2D eigenvalue weighted by Crippen LogP contribution is 2.50. The first-order valence-electron chi connectivity index (χ1n) is 19.0. The fraction of sp³-hybridized carbons (Fsp3) is 0.0392. The number of allylic oxidation sites excluding steroid dienone is 5. The SMILES string of the molecule is C1=CC2C(c3cccc4c3oc3cccc(-c5nc(-c6ccccc6)nc(-c6ccc7c(ccc8ccccc87)c6)n5)c34)=Cc3c(oc4ccccc34)C2C=C1. The number of benzene rings is 7. The van der Waals surface area contributed by atoms with Crippen molar-refractivity contribution in [3.05, 3.63) is 187 Å². The number of hydrogen-bond donors (Lipinski definition) is 0. The van der Waals surface area contributed by atoms with E-state index >= 15 is 0 Å². The van der Waals surface area contributed by atoms with E-state index in [2.05, 4.69) is 127 Å². The molecule has 0 bridgehead atoms. The molecule has 0 saturated heterocycles. The minimum Gasteiger partial charge on any atom is -0.460 e. The Hall–Kier alpha value is -7.37. The van der Waals surface area contributed by atoms with Gasteiger partial charge in [0.25, 0.3) is 0 Å². The molecule has 56 heavy (non-hydrogen) atoms. The second-order valence-electron chi connectivity index (χ2n) is 14.7. The quantitative estimate of drug-likeness (QED) is 0.170. The van der Waals surface area contributed by atoms with Crippen LogP contribution in [-0.4, -0.2) is 15.0 Å². The molecule has 2 atom stereocenters. The number of furan rings is 2. The van der Waals surface area contributed by atoms with Crippen LogP contribution in [0, 0.1) is 5.92 Å².